The van der Waals surface area contributed by atoms with Gasteiger partial charge in [0.1, 0.15) is 0 Å². The lowest BCUT2D eigenvalue weighted by molar-refractivity contribution is -0.384. The first kappa shape index (κ1) is 22.2. The van der Waals surface area contributed by atoms with Crippen molar-refractivity contribution in [2.24, 2.45) is 4.99 Å². The molecule has 0 amide bonds. The molecule has 0 unspecified atom stereocenters. The second-order valence-electron chi connectivity index (χ2n) is 9.57. The van der Waals surface area contributed by atoms with Gasteiger partial charge in [0.25, 0.3) is 5.69 Å². The fourth-order valence-corrected chi connectivity index (χ4v) is 5.78. The molecule has 5 nitrogen and oxygen atoms in total. The summed E-state index contributed by atoms with van der Waals surface area (Å²) in [5.41, 5.74) is 8.38. The van der Waals surface area contributed by atoms with Crippen LogP contribution in [0.25, 0.3) is 0 Å². The van der Waals surface area contributed by atoms with E-state index in [2.05, 4.69) is 77.7 Å². The van der Waals surface area contributed by atoms with E-state index in [0.717, 1.165) is 37.2 Å². The van der Waals surface area contributed by atoms with Crippen LogP contribution in [0, 0.1) is 10.1 Å². The second kappa shape index (κ2) is 9.42. The van der Waals surface area contributed by atoms with Gasteiger partial charge in [-0.25, -0.2) is 0 Å². The molecule has 4 aromatic carbocycles. The van der Waals surface area contributed by atoms with Crippen LogP contribution >= 0.6 is 0 Å². The molecule has 0 bridgehead atoms. The van der Waals surface area contributed by atoms with Gasteiger partial charge in [0, 0.05) is 49.0 Å². The van der Waals surface area contributed by atoms with E-state index in [4.69, 9.17) is 4.99 Å². The molecule has 2 aliphatic rings. The fourth-order valence-electron chi connectivity index (χ4n) is 5.78. The minimum atomic E-state index is -0.371. The summed E-state index contributed by atoms with van der Waals surface area (Å²) in [6.07, 6.45) is 3.88. The van der Waals surface area contributed by atoms with Gasteiger partial charge in [-0.05, 0) is 52.8 Å². The van der Waals surface area contributed by atoms with Crippen LogP contribution in [0.2, 0.25) is 0 Å². The Balaban J connectivity index is 1.48. The van der Waals surface area contributed by atoms with Gasteiger partial charge in [0.2, 0.25) is 0 Å². The molecule has 0 spiro atoms. The number of rotatable bonds is 5. The molecule has 2 atom stereocenters. The number of non-ortho nitro benzene ring substituents is 1. The van der Waals surface area contributed by atoms with Gasteiger partial charge in [-0.1, -0.05) is 72.8 Å². The van der Waals surface area contributed by atoms with E-state index in [0.29, 0.717) is 11.8 Å². The maximum Gasteiger partial charge on any atom is 0.270 e. The third kappa shape index (κ3) is 4.17. The molecule has 0 aliphatic carbocycles. The van der Waals surface area contributed by atoms with Crippen molar-refractivity contribution < 1.29 is 4.92 Å². The first-order valence-electron chi connectivity index (χ1n) is 12.5. The first-order chi connectivity index (χ1) is 17.7. The summed E-state index contributed by atoms with van der Waals surface area (Å²) in [6.45, 7) is 2.11. The highest BCUT2D eigenvalue weighted by Gasteiger charge is 2.35. The highest BCUT2D eigenvalue weighted by Crippen LogP contribution is 2.49. The van der Waals surface area contributed by atoms with Gasteiger partial charge in [-0.3, -0.25) is 15.1 Å². The van der Waals surface area contributed by atoms with Gasteiger partial charge in [-0.15, -0.1) is 0 Å². The van der Waals surface area contributed by atoms with Crippen molar-refractivity contribution in [3.05, 3.63) is 135 Å². The van der Waals surface area contributed by atoms with E-state index in [-0.39, 0.29) is 10.6 Å². The molecule has 2 aliphatic heterocycles. The molecule has 0 aromatic heterocycles. The zero-order chi connectivity index (χ0) is 24.5. The lowest BCUT2D eigenvalue weighted by atomic mass is 9.76. The molecule has 0 saturated heterocycles. The molecule has 0 saturated carbocycles. The molecular weight excluding hydrogens is 446 g/mol. The van der Waals surface area contributed by atoms with Crippen LogP contribution in [0.4, 0.5) is 17.1 Å². The van der Waals surface area contributed by atoms with Gasteiger partial charge < -0.3 is 4.90 Å². The summed E-state index contributed by atoms with van der Waals surface area (Å²) in [7, 11) is 0. The number of hydrogen-bond acceptors (Lipinski definition) is 4. The fraction of sp³-hybridized carbons (Fsp3) is 0.194. The lowest BCUT2D eigenvalue weighted by Crippen LogP contribution is -2.37. The van der Waals surface area contributed by atoms with Gasteiger partial charge in [-0.2, -0.15) is 0 Å². The van der Waals surface area contributed by atoms with Crippen molar-refractivity contribution in [3.8, 4) is 0 Å². The van der Waals surface area contributed by atoms with Crippen molar-refractivity contribution in [2.75, 3.05) is 18.0 Å². The highest BCUT2D eigenvalue weighted by molar-refractivity contribution is 5.84. The van der Waals surface area contributed by atoms with Crippen molar-refractivity contribution >= 4 is 23.3 Å². The smallest absolute Gasteiger partial charge is 0.270 e. The van der Waals surface area contributed by atoms with Crippen LogP contribution in [0.3, 0.4) is 0 Å². The quantitative estimate of drug-likeness (QED) is 0.175. The summed E-state index contributed by atoms with van der Waals surface area (Å²) in [5.74, 6) is 0.636. The van der Waals surface area contributed by atoms with Crippen molar-refractivity contribution in [1.82, 2.24) is 0 Å². The summed E-state index contributed by atoms with van der Waals surface area (Å²) >= 11 is 0. The van der Waals surface area contributed by atoms with Gasteiger partial charge in [0.05, 0.1) is 10.6 Å². The van der Waals surface area contributed by atoms with Crippen molar-refractivity contribution in [1.29, 1.82) is 0 Å². The zero-order valence-corrected chi connectivity index (χ0v) is 20.0. The number of nitro groups is 1. The maximum atomic E-state index is 11.2. The largest absolute Gasteiger partial charge is 0.371 e. The highest BCUT2D eigenvalue weighted by atomic mass is 16.6. The Morgan fingerprint density at radius 2 is 1.36 bits per heavy atom. The predicted octanol–water partition coefficient (Wildman–Crippen LogP) is 7.22. The third-order valence-corrected chi connectivity index (χ3v) is 7.44. The van der Waals surface area contributed by atoms with Crippen LogP contribution < -0.4 is 4.90 Å². The average Bonchev–Trinajstić information content (AvgIpc) is 2.93. The van der Waals surface area contributed by atoms with E-state index in [1.54, 1.807) is 18.3 Å². The molecule has 4 aromatic rings. The SMILES string of the molecule is O=[N+]([O-])c1cccc(C=Nc2cc3c4c(c2)[C@@H](c2ccccc2)CCN4CC[C@@H]3c2ccccc2)c1. The lowest BCUT2D eigenvalue weighted by Gasteiger charge is -2.43. The Labute approximate surface area is 210 Å². The summed E-state index contributed by atoms with van der Waals surface area (Å²) in [4.78, 5) is 18.2. The molecule has 5 heteroatoms. The van der Waals surface area contributed by atoms with Gasteiger partial charge >= 0.3 is 0 Å². The minimum Gasteiger partial charge on any atom is -0.371 e. The number of anilines is 1. The summed E-state index contributed by atoms with van der Waals surface area (Å²) in [6, 6.07) is 32.6. The molecule has 0 N–H and O–H groups in total. The minimum absolute atomic E-state index is 0.0726. The van der Waals surface area contributed by atoms with Crippen LogP contribution in [-0.2, 0) is 0 Å². The van der Waals surface area contributed by atoms with E-state index >= 15 is 0 Å². The zero-order valence-electron chi connectivity index (χ0n) is 20.0. The van der Waals surface area contributed by atoms with Gasteiger partial charge in [0.15, 0.2) is 0 Å². The number of nitro benzene ring substituents is 1. The Morgan fingerprint density at radius 1 is 0.778 bits per heavy atom. The molecule has 0 fully saturated rings. The standard InChI is InChI=1S/C31H27N3O2/c35-34(36)26-13-7-8-22(18-26)21-32-25-19-29-27(23-9-3-1-4-10-23)14-16-33-17-15-28(30(20-25)31(29)33)24-11-5-2-6-12-24/h1-13,18-21,27-28H,14-17H2/t27-,28-/m1/s1. The molecule has 6 rings (SSSR count). The summed E-state index contributed by atoms with van der Waals surface area (Å²) in [5, 5.41) is 11.2. The molecule has 36 heavy (non-hydrogen) atoms. The van der Waals surface area contributed by atoms with E-state index in [1.807, 2.05) is 6.07 Å². The van der Waals surface area contributed by atoms with Crippen LogP contribution in [-0.4, -0.2) is 24.2 Å². The predicted molar refractivity (Wildman–Crippen MR) is 145 cm³/mol. The van der Waals surface area contributed by atoms with E-state index < -0.39 is 0 Å². The third-order valence-electron chi connectivity index (χ3n) is 7.44. The number of benzene rings is 4. The maximum absolute atomic E-state index is 11.2. The van der Waals surface area contributed by atoms with E-state index in [1.165, 1.54) is 34.0 Å². The monoisotopic (exact) mass is 473 g/mol. The number of hydrogen-bond donors (Lipinski definition) is 0. The Bertz CT molecular complexity index is 1360. The topological polar surface area (TPSA) is 58.7 Å². The Hall–Kier alpha value is -4.25. The Morgan fingerprint density at radius 3 is 1.92 bits per heavy atom. The van der Waals surface area contributed by atoms with E-state index in [9.17, 15) is 10.1 Å². The Kier molecular flexibility index (Phi) is 5.82. The number of nitrogens with zero attached hydrogens (tertiary/aromatic N) is 3. The van der Waals surface area contributed by atoms with Crippen molar-refractivity contribution in [2.45, 2.75) is 24.7 Å². The van der Waals surface area contributed by atoms with Crippen molar-refractivity contribution in [3.63, 3.8) is 0 Å². The molecule has 178 valence electrons. The first-order valence-corrected chi connectivity index (χ1v) is 12.5. The van der Waals surface area contributed by atoms with Crippen LogP contribution in [0.15, 0.2) is 102 Å². The molecule has 2 heterocycles. The average molecular weight is 474 g/mol. The number of aliphatic imine (C=N–C) groups is 1. The summed E-state index contributed by atoms with van der Waals surface area (Å²) < 4.78 is 0. The van der Waals surface area contributed by atoms with Crippen LogP contribution in [0.5, 0.6) is 0 Å². The second-order valence-corrected chi connectivity index (χ2v) is 9.57. The molecule has 0 radical (unpaired) electrons. The van der Waals surface area contributed by atoms with Crippen LogP contribution in [0.1, 0.15) is 52.5 Å². The molecular formula is C31H27N3O2. The normalized spacial score (nSPS) is 18.7.